The normalized spacial score (nSPS) is 11.2. The Hall–Kier alpha value is -2.35. The van der Waals surface area contributed by atoms with Crippen molar-refractivity contribution in [3.05, 3.63) is 70.5 Å². The van der Waals surface area contributed by atoms with E-state index < -0.39 is 0 Å². The molecule has 0 saturated heterocycles. The molecule has 21 heavy (non-hydrogen) atoms. The van der Waals surface area contributed by atoms with E-state index in [9.17, 15) is 4.79 Å². The maximum Gasteiger partial charge on any atom is 0.251 e. The molecule has 1 heterocycles. The Morgan fingerprint density at radius 2 is 1.67 bits per heavy atom. The highest BCUT2D eigenvalue weighted by molar-refractivity contribution is 5.95. The number of pyridine rings is 1. The van der Waals surface area contributed by atoms with Crippen LogP contribution in [0.25, 0.3) is 22.0 Å². The van der Waals surface area contributed by atoms with Crippen molar-refractivity contribution in [2.45, 2.75) is 26.8 Å². The Morgan fingerprint density at radius 1 is 0.952 bits per heavy atom. The van der Waals surface area contributed by atoms with Gasteiger partial charge in [0.1, 0.15) is 0 Å². The summed E-state index contributed by atoms with van der Waals surface area (Å²) in [6.45, 7) is 6.15. The molecular formula is C19H19NO. The lowest BCUT2D eigenvalue weighted by molar-refractivity contribution is 0.601. The number of nitrogens with zero attached hydrogens (tertiary/aromatic N) is 1. The first kappa shape index (κ1) is 13.6. The van der Waals surface area contributed by atoms with Gasteiger partial charge in [0.25, 0.3) is 5.56 Å². The van der Waals surface area contributed by atoms with Gasteiger partial charge in [-0.3, -0.25) is 4.79 Å². The summed E-state index contributed by atoms with van der Waals surface area (Å²) in [5.41, 5.74) is 4.33. The van der Waals surface area contributed by atoms with E-state index in [1.165, 1.54) is 5.56 Å². The van der Waals surface area contributed by atoms with Crippen LogP contribution in [0.15, 0.2) is 59.4 Å². The second kappa shape index (κ2) is 5.21. The topological polar surface area (TPSA) is 22.0 Å². The van der Waals surface area contributed by atoms with E-state index in [2.05, 4.69) is 25.1 Å². The van der Waals surface area contributed by atoms with Crippen LogP contribution in [0.4, 0.5) is 0 Å². The van der Waals surface area contributed by atoms with E-state index in [-0.39, 0.29) is 11.6 Å². The van der Waals surface area contributed by atoms with Gasteiger partial charge in [-0.25, -0.2) is 0 Å². The first-order valence-corrected chi connectivity index (χ1v) is 7.29. The summed E-state index contributed by atoms with van der Waals surface area (Å²) < 4.78 is 1.87. The van der Waals surface area contributed by atoms with Gasteiger partial charge in [-0.05, 0) is 43.5 Å². The fourth-order valence-electron chi connectivity index (χ4n) is 2.85. The molecule has 0 amide bonds. The van der Waals surface area contributed by atoms with E-state index in [4.69, 9.17) is 0 Å². The summed E-state index contributed by atoms with van der Waals surface area (Å²) in [6.07, 6.45) is 0. The quantitative estimate of drug-likeness (QED) is 0.673. The lowest BCUT2D eigenvalue weighted by Crippen LogP contribution is -2.22. The molecule has 2 aromatic carbocycles. The molecule has 0 atom stereocenters. The highest BCUT2D eigenvalue weighted by Crippen LogP contribution is 2.28. The zero-order valence-electron chi connectivity index (χ0n) is 12.6. The van der Waals surface area contributed by atoms with Gasteiger partial charge in [0, 0.05) is 17.5 Å². The van der Waals surface area contributed by atoms with E-state index in [1.807, 2.05) is 48.7 Å². The Morgan fingerprint density at radius 3 is 2.33 bits per heavy atom. The Labute approximate surface area is 124 Å². The lowest BCUT2D eigenvalue weighted by atomic mass is 9.99. The predicted molar refractivity (Wildman–Crippen MR) is 88.8 cm³/mol. The summed E-state index contributed by atoms with van der Waals surface area (Å²) >= 11 is 0. The number of aryl methyl sites for hydroxylation is 1. The summed E-state index contributed by atoms with van der Waals surface area (Å²) in [5.74, 6) is 0. The van der Waals surface area contributed by atoms with Crippen LogP contribution in [0, 0.1) is 6.92 Å². The molecule has 1 aromatic heterocycles. The number of aromatic nitrogens is 1. The van der Waals surface area contributed by atoms with Crippen LogP contribution in [-0.2, 0) is 0 Å². The fourth-order valence-corrected chi connectivity index (χ4v) is 2.85. The van der Waals surface area contributed by atoms with Gasteiger partial charge in [-0.1, -0.05) is 42.5 Å². The molecule has 3 rings (SSSR count). The van der Waals surface area contributed by atoms with E-state index >= 15 is 0 Å². The molecule has 0 saturated carbocycles. The van der Waals surface area contributed by atoms with Gasteiger partial charge >= 0.3 is 0 Å². The maximum atomic E-state index is 12.5. The van der Waals surface area contributed by atoms with Crippen LogP contribution in [0.5, 0.6) is 0 Å². The molecule has 0 aliphatic carbocycles. The smallest absolute Gasteiger partial charge is 0.251 e. The van der Waals surface area contributed by atoms with Crippen LogP contribution in [-0.4, -0.2) is 4.57 Å². The van der Waals surface area contributed by atoms with Crippen molar-refractivity contribution in [1.82, 2.24) is 4.57 Å². The molecule has 106 valence electrons. The Bertz CT molecular complexity index is 845. The first-order valence-electron chi connectivity index (χ1n) is 7.29. The maximum absolute atomic E-state index is 12.5. The average molecular weight is 277 g/mol. The van der Waals surface area contributed by atoms with Crippen LogP contribution >= 0.6 is 0 Å². The summed E-state index contributed by atoms with van der Waals surface area (Å²) in [6, 6.07) is 18.3. The van der Waals surface area contributed by atoms with Gasteiger partial charge in [0.2, 0.25) is 0 Å². The second-order valence-corrected chi connectivity index (χ2v) is 5.75. The Balaban J connectivity index is 2.44. The molecule has 0 bridgehead atoms. The molecule has 0 fully saturated rings. The van der Waals surface area contributed by atoms with Gasteiger partial charge in [-0.2, -0.15) is 0 Å². The molecule has 3 aromatic rings. The van der Waals surface area contributed by atoms with Gasteiger partial charge in [-0.15, -0.1) is 0 Å². The number of hydrogen-bond donors (Lipinski definition) is 0. The third kappa shape index (κ3) is 2.38. The van der Waals surface area contributed by atoms with Crippen molar-refractivity contribution in [3.8, 4) is 11.1 Å². The highest BCUT2D eigenvalue weighted by Gasteiger charge is 2.12. The summed E-state index contributed by atoms with van der Waals surface area (Å²) in [7, 11) is 0. The third-order valence-corrected chi connectivity index (χ3v) is 3.81. The van der Waals surface area contributed by atoms with Crippen molar-refractivity contribution in [2.75, 3.05) is 0 Å². The molecule has 0 unspecified atom stereocenters. The molecule has 0 N–H and O–H groups in total. The number of hydrogen-bond acceptors (Lipinski definition) is 1. The molecule has 0 spiro atoms. The third-order valence-electron chi connectivity index (χ3n) is 3.81. The molecule has 0 aliphatic heterocycles. The van der Waals surface area contributed by atoms with Crippen molar-refractivity contribution in [2.24, 2.45) is 0 Å². The van der Waals surface area contributed by atoms with Gasteiger partial charge in [0.15, 0.2) is 0 Å². The van der Waals surface area contributed by atoms with Crippen molar-refractivity contribution < 1.29 is 0 Å². The van der Waals surface area contributed by atoms with Crippen LogP contribution < -0.4 is 5.56 Å². The van der Waals surface area contributed by atoms with Crippen LogP contribution in [0.2, 0.25) is 0 Å². The number of fused-ring (bicyclic) bond motifs is 1. The summed E-state index contributed by atoms with van der Waals surface area (Å²) in [5, 5.41) is 1.13. The van der Waals surface area contributed by atoms with Crippen molar-refractivity contribution in [3.63, 3.8) is 0 Å². The minimum atomic E-state index is 0.0574. The largest absolute Gasteiger partial charge is 0.306 e. The van der Waals surface area contributed by atoms with Gasteiger partial charge < -0.3 is 4.57 Å². The number of rotatable bonds is 2. The van der Waals surface area contributed by atoms with Crippen LogP contribution in [0.1, 0.15) is 25.5 Å². The number of benzene rings is 2. The van der Waals surface area contributed by atoms with E-state index in [0.29, 0.717) is 0 Å². The minimum absolute atomic E-state index is 0.0574. The molecule has 2 heteroatoms. The zero-order valence-corrected chi connectivity index (χ0v) is 12.6. The fraction of sp³-hybridized carbons (Fsp3) is 0.211. The lowest BCUT2D eigenvalue weighted by Gasteiger charge is -2.17. The van der Waals surface area contributed by atoms with E-state index in [0.717, 1.165) is 22.0 Å². The Kier molecular flexibility index (Phi) is 3.38. The van der Waals surface area contributed by atoms with Crippen molar-refractivity contribution in [1.29, 1.82) is 0 Å². The molecule has 0 radical (unpaired) electrons. The standard InChI is InChI=1S/C19H19NO/c1-13(2)20-18-11-14(3)9-10-16(18)17(12-19(20)21)15-7-5-4-6-8-15/h4-13H,1-3H3. The zero-order chi connectivity index (χ0) is 15.0. The SMILES string of the molecule is Cc1ccc2c(-c3ccccc3)cc(=O)n(C(C)C)c2c1. The van der Waals surface area contributed by atoms with Crippen LogP contribution in [0.3, 0.4) is 0 Å². The van der Waals surface area contributed by atoms with Gasteiger partial charge in [0.05, 0.1) is 5.52 Å². The summed E-state index contributed by atoms with van der Waals surface area (Å²) in [4.78, 5) is 12.5. The monoisotopic (exact) mass is 277 g/mol. The molecule has 0 aliphatic rings. The average Bonchev–Trinajstić information content (AvgIpc) is 2.46. The van der Waals surface area contributed by atoms with Crippen molar-refractivity contribution >= 4 is 10.9 Å². The minimum Gasteiger partial charge on any atom is -0.306 e. The highest BCUT2D eigenvalue weighted by atomic mass is 16.1. The second-order valence-electron chi connectivity index (χ2n) is 5.75. The molecule has 2 nitrogen and oxygen atoms in total. The van der Waals surface area contributed by atoms with E-state index in [1.54, 1.807) is 6.07 Å². The molecular weight excluding hydrogens is 258 g/mol. The predicted octanol–water partition coefficient (Wildman–Crippen LogP) is 4.56. The first-order chi connectivity index (χ1) is 10.1.